The fourth-order valence-electron chi connectivity index (χ4n) is 2.15. The van der Waals surface area contributed by atoms with Crippen LogP contribution >= 0.6 is 0 Å². The van der Waals surface area contributed by atoms with Crippen LogP contribution in [-0.2, 0) is 11.3 Å². The fraction of sp³-hybridized carbons (Fsp3) is 0.643. The van der Waals surface area contributed by atoms with Crippen molar-refractivity contribution in [3.8, 4) is 0 Å². The lowest BCUT2D eigenvalue weighted by Crippen LogP contribution is -2.43. The summed E-state index contributed by atoms with van der Waals surface area (Å²) in [5.41, 5.74) is 0.978. The third-order valence-corrected chi connectivity index (χ3v) is 3.80. The Morgan fingerprint density at radius 1 is 1.33 bits per heavy atom. The van der Waals surface area contributed by atoms with E-state index in [1.165, 1.54) is 13.4 Å². The number of carbonyl (C=O) groups excluding carboxylic acids is 1. The van der Waals surface area contributed by atoms with Gasteiger partial charge in [0.2, 0.25) is 5.76 Å². The predicted octanol–water partition coefficient (Wildman–Crippen LogP) is 3.12. The summed E-state index contributed by atoms with van der Waals surface area (Å²) in [6.45, 7) is 7.15. The van der Waals surface area contributed by atoms with Crippen molar-refractivity contribution in [3.05, 3.63) is 23.7 Å². The molecule has 1 heterocycles. The van der Waals surface area contributed by atoms with Gasteiger partial charge in [0, 0.05) is 17.6 Å². The highest BCUT2D eigenvalue weighted by atomic mass is 16.5. The lowest BCUT2D eigenvalue weighted by atomic mass is 9.89. The summed E-state index contributed by atoms with van der Waals surface area (Å²) < 4.78 is 9.85. The monoisotopic (exact) mass is 253 g/mol. The number of esters is 1. The zero-order chi connectivity index (χ0) is 13.6. The molecule has 0 aliphatic carbocycles. The van der Waals surface area contributed by atoms with Crippen LogP contribution in [0.4, 0.5) is 0 Å². The first-order chi connectivity index (χ1) is 8.62. The quantitative estimate of drug-likeness (QED) is 0.758. The standard InChI is InChI=1S/C14H23NO3/c1-5-14(6-2,7-3)15-10-11-8-9-18-12(11)13(16)17-4/h8-9,15H,5-7,10H2,1-4H3. The molecular formula is C14H23NO3. The molecule has 102 valence electrons. The van der Waals surface area contributed by atoms with E-state index in [0.29, 0.717) is 12.3 Å². The topological polar surface area (TPSA) is 51.5 Å². The van der Waals surface area contributed by atoms with E-state index < -0.39 is 5.97 Å². The van der Waals surface area contributed by atoms with E-state index in [1.54, 1.807) is 0 Å². The number of hydrogen-bond donors (Lipinski definition) is 1. The van der Waals surface area contributed by atoms with Crippen molar-refractivity contribution < 1.29 is 13.9 Å². The minimum absolute atomic E-state index is 0.130. The van der Waals surface area contributed by atoms with Gasteiger partial charge >= 0.3 is 5.97 Å². The van der Waals surface area contributed by atoms with Crippen molar-refractivity contribution in [2.45, 2.75) is 52.1 Å². The van der Waals surface area contributed by atoms with Gasteiger partial charge in [-0.2, -0.15) is 0 Å². The van der Waals surface area contributed by atoms with Crippen LogP contribution in [0.1, 0.15) is 56.2 Å². The molecule has 0 aromatic carbocycles. The largest absolute Gasteiger partial charge is 0.463 e. The van der Waals surface area contributed by atoms with Crippen molar-refractivity contribution in [1.82, 2.24) is 5.32 Å². The number of furan rings is 1. The number of rotatable bonds is 7. The van der Waals surface area contributed by atoms with Crippen LogP contribution in [0.3, 0.4) is 0 Å². The Labute approximate surface area is 109 Å². The first-order valence-corrected chi connectivity index (χ1v) is 6.52. The molecule has 0 unspecified atom stereocenters. The molecule has 4 heteroatoms. The normalized spacial score (nSPS) is 11.6. The summed E-state index contributed by atoms with van der Waals surface area (Å²) in [6, 6.07) is 1.81. The average Bonchev–Trinajstić information content (AvgIpc) is 2.88. The average molecular weight is 253 g/mol. The second-order valence-corrected chi connectivity index (χ2v) is 4.46. The molecule has 0 aliphatic heterocycles. The molecule has 1 N–H and O–H groups in total. The van der Waals surface area contributed by atoms with E-state index >= 15 is 0 Å². The highest BCUT2D eigenvalue weighted by Gasteiger charge is 2.24. The summed E-state index contributed by atoms with van der Waals surface area (Å²) in [5, 5.41) is 3.54. The zero-order valence-corrected chi connectivity index (χ0v) is 11.7. The molecule has 0 radical (unpaired) electrons. The number of methoxy groups -OCH3 is 1. The minimum Gasteiger partial charge on any atom is -0.463 e. The van der Waals surface area contributed by atoms with Crippen molar-refractivity contribution in [2.75, 3.05) is 7.11 Å². The van der Waals surface area contributed by atoms with E-state index in [-0.39, 0.29) is 5.54 Å². The zero-order valence-electron chi connectivity index (χ0n) is 11.7. The van der Waals surface area contributed by atoms with Gasteiger partial charge in [-0.25, -0.2) is 4.79 Å². The Balaban J connectivity index is 2.74. The third kappa shape index (κ3) is 3.13. The second kappa shape index (κ2) is 6.59. The first kappa shape index (κ1) is 14.8. The van der Waals surface area contributed by atoms with E-state index in [0.717, 1.165) is 24.8 Å². The highest BCUT2D eigenvalue weighted by molar-refractivity contribution is 5.87. The van der Waals surface area contributed by atoms with E-state index in [4.69, 9.17) is 4.42 Å². The van der Waals surface area contributed by atoms with Gasteiger partial charge in [-0.05, 0) is 25.3 Å². The van der Waals surface area contributed by atoms with E-state index in [2.05, 4.69) is 30.8 Å². The lowest BCUT2D eigenvalue weighted by Gasteiger charge is -2.32. The van der Waals surface area contributed by atoms with Crippen LogP contribution < -0.4 is 5.32 Å². The summed E-state index contributed by atoms with van der Waals surface area (Å²) in [4.78, 5) is 11.5. The number of carbonyl (C=O) groups is 1. The van der Waals surface area contributed by atoms with Crippen molar-refractivity contribution in [1.29, 1.82) is 0 Å². The van der Waals surface area contributed by atoms with Gasteiger partial charge in [0.1, 0.15) is 0 Å². The molecule has 0 amide bonds. The summed E-state index contributed by atoms with van der Waals surface area (Å²) in [6.07, 6.45) is 4.71. The molecular weight excluding hydrogens is 230 g/mol. The van der Waals surface area contributed by atoms with Crippen LogP contribution in [0.15, 0.2) is 16.7 Å². The first-order valence-electron chi connectivity index (χ1n) is 6.52. The molecule has 1 rings (SSSR count). The summed E-state index contributed by atoms with van der Waals surface area (Å²) >= 11 is 0. The molecule has 0 bridgehead atoms. The summed E-state index contributed by atoms with van der Waals surface area (Å²) in [5.74, 6) is -0.130. The molecule has 0 saturated heterocycles. The maximum Gasteiger partial charge on any atom is 0.374 e. The van der Waals surface area contributed by atoms with E-state index in [1.807, 2.05) is 6.07 Å². The van der Waals surface area contributed by atoms with Gasteiger partial charge in [0.15, 0.2) is 0 Å². The fourth-order valence-corrected chi connectivity index (χ4v) is 2.15. The molecule has 0 saturated carbocycles. The van der Waals surface area contributed by atoms with Crippen LogP contribution in [0, 0.1) is 0 Å². The Morgan fingerprint density at radius 3 is 2.44 bits per heavy atom. The molecule has 0 aliphatic rings. The van der Waals surface area contributed by atoms with Gasteiger partial charge in [-0.3, -0.25) is 0 Å². The Hall–Kier alpha value is -1.29. The third-order valence-electron chi connectivity index (χ3n) is 3.80. The van der Waals surface area contributed by atoms with Gasteiger partial charge in [0.25, 0.3) is 0 Å². The Kier molecular flexibility index (Phi) is 5.41. The number of nitrogens with one attached hydrogen (secondary N) is 1. The number of ether oxygens (including phenoxy) is 1. The summed E-state index contributed by atoms with van der Waals surface area (Å²) in [7, 11) is 1.36. The van der Waals surface area contributed by atoms with Crippen LogP contribution in [0.25, 0.3) is 0 Å². The van der Waals surface area contributed by atoms with Crippen LogP contribution in [0.5, 0.6) is 0 Å². The number of hydrogen-bond acceptors (Lipinski definition) is 4. The van der Waals surface area contributed by atoms with Crippen LogP contribution in [-0.4, -0.2) is 18.6 Å². The Morgan fingerprint density at radius 2 is 1.94 bits per heavy atom. The maximum absolute atomic E-state index is 11.5. The van der Waals surface area contributed by atoms with Crippen molar-refractivity contribution >= 4 is 5.97 Å². The van der Waals surface area contributed by atoms with Gasteiger partial charge in [-0.15, -0.1) is 0 Å². The van der Waals surface area contributed by atoms with Crippen LogP contribution in [0.2, 0.25) is 0 Å². The molecule has 0 spiro atoms. The molecule has 1 aromatic heterocycles. The van der Waals surface area contributed by atoms with Crippen molar-refractivity contribution in [2.24, 2.45) is 0 Å². The lowest BCUT2D eigenvalue weighted by molar-refractivity contribution is 0.0562. The van der Waals surface area contributed by atoms with Gasteiger partial charge in [-0.1, -0.05) is 20.8 Å². The molecule has 18 heavy (non-hydrogen) atoms. The minimum atomic E-state index is -0.424. The smallest absolute Gasteiger partial charge is 0.374 e. The van der Waals surface area contributed by atoms with Crippen molar-refractivity contribution in [3.63, 3.8) is 0 Å². The maximum atomic E-state index is 11.5. The predicted molar refractivity (Wildman–Crippen MR) is 70.5 cm³/mol. The molecule has 0 atom stereocenters. The molecule has 4 nitrogen and oxygen atoms in total. The Bertz CT molecular complexity index is 372. The molecule has 1 aromatic rings. The van der Waals surface area contributed by atoms with E-state index in [9.17, 15) is 4.79 Å². The second-order valence-electron chi connectivity index (χ2n) is 4.46. The SMILES string of the molecule is CCC(CC)(CC)NCc1ccoc1C(=O)OC. The highest BCUT2D eigenvalue weighted by Crippen LogP contribution is 2.21. The van der Waals surface area contributed by atoms with Gasteiger partial charge < -0.3 is 14.5 Å². The molecule has 0 fully saturated rings. The van der Waals surface area contributed by atoms with Gasteiger partial charge in [0.05, 0.1) is 13.4 Å².